The van der Waals surface area contributed by atoms with Gasteiger partial charge in [-0.2, -0.15) is 0 Å². The van der Waals surface area contributed by atoms with E-state index in [1.807, 2.05) is 31.2 Å². The molecule has 0 saturated heterocycles. The number of methoxy groups -OCH3 is 1. The molecule has 0 saturated carbocycles. The van der Waals surface area contributed by atoms with Crippen molar-refractivity contribution in [2.24, 2.45) is 5.73 Å². The molecular formula is C12H14N2O2. The largest absolute Gasteiger partial charge is 0.497 e. The number of nitrogens with two attached hydrogens (primary N) is 1. The summed E-state index contributed by atoms with van der Waals surface area (Å²) in [4.78, 5) is 4.31. The second-order valence-electron chi connectivity index (χ2n) is 3.60. The molecule has 0 amide bonds. The fraction of sp³-hybridized carbons (Fsp3) is 0.250. The third-order valence-electron chi connectivity index (χ3n) is 2.31. The topological polar surface area (TPSA) is 61.3 Å². The summed E-state index contributed by atoms with van der Waals surface area (Å²) in [6.45, 7) is 1.87. The van der Waals surface area contributed by atoms with Gasteiger partial charge in [0.15, 0.2) is 0 Å². The van der Waals surface area contributed by atoms with Gasteiger partial charge in [-0.05, 0) is 25.1 Å². The van der Waals surface area contributed by atoms with Crippen LogP contribution in [0.1, 0.15) is 18.7 Å². The maximum atomic E-state index is 5.71. The van der Waals surface area contributed by atoms with Gasteiger partial charge in [-0.3, -0.25) is 0 Å². The van der Waals surface area contributed by atoms with E-state index in [2.05, 4.69) is 4.98 Å². The highest BCUT2D eigenvalue weighted by Gasteiger charge is 2.09. The van der Waals surface area contributed by atoms with Gasteiger partial charge >= 0.3 is 0 Å². The van der Waals surface area contributed by atoms with Gasteiger partial charge in [0.2, 0.25) is 5.89 Å². The zero-order chi connectivity index (χ0) is 11.5. The van der Waals surface area contributed by atoms with Gasteiger partial charge in [-0.1, -0.05) is 6.07 Å². The fourth-order valence-corrected chi connectivity index (χ4v) is 1.38. The highest BCUT2D eigenvalue weighted by Crippen LogP contribution is 2.24. The minimum atomic E-state index is -0.122. The molecule has 4 heteroatoms. The van der Waals surface area contributed by atoms with E-state index in [1.165, 1.54) is 0 Å². The van der Waals surface area contributed by atoms with Crippen LogP contribution < -0.4 is 10.5 Å². The van der Waals surface area contributed by atoms with Crippen molar-refractivity contribution in [2.45, 2.75) is 13.0 Å². The van der Waals surface area contributed by atoms with Crippen LogP contribution in [-0.2, 0) is 0 Å². The zero-order valence-electron chi connectivity index (χ0n) is 9.31. The fourth-order valence-electron chi connectivity index (χ4n) is 1.38. The molecule has 16 heavy (non-hydrogen) atoms. The number of nitrogens with zero attached hydrogens (tertiary/aromatic N) is 1. The first-order valence-electron chi connectivity index (χ1n) is 5.06. The van der Waals surface area contributed by atoms with E-state index < -0.39 is 0 Å². The minimum Gasteiger partial charge on any atom is -0.497 e. The molecule has 1 aromatic heterocycles. The van der Waals surface area contributed by atoms with E-state index in [9.17, 15) is 0 Å². The summed E-state index contributed by atoms with van der Waals surface area (Å²) in [6, 6.07) is 7.43. The number of rotatable bonds is 3. The van der Waals surface area contributed by atoms with Crippen LogP contribution in [0.4, 0.5) is 0 Å². The molecule has 0 spiro atoms. The molecule has 84 valence electrons. The molecule has 0 aliphatic rings. The summed E-state index contributed by atoms with van der Waals surface area (Å²) in [5.74, 6) is 1.34. The molecule has 1 atom stereocenters. The summed E-state index contributed by atoms with van der Waals surface area (Å²) >= 11 is 0. The maximum absolute atomic E-state index is 5.71. The minimum absolute atomic E-state index is 0.122. The summed E-state index contributed by atoms with van der Waals surface area (Å²) in [5.41, 5.74) is 7.34. The van der Waals surface area contributed by atoms with Crippen molar-refractivity contribution in [3.63, 3.8) is 0 Å². The van der Waals surface area contributed by atoms with Gasteiger partial charge in [0.25, 0.3) is 0 Å². The van der Waals surface area contributed by atoms with E-state index in [1.54, 1.807) is 13.4 Å². The number of aromatic nitrogens is 1. The van der Waals surface area contributed by atoms with E-state index in [0.29, 0.717) is 5.89 Å². The molecular weight excluding hydrogens is 204 g/mol. The van der Waals surface area contributed by atoms with Crippen LogP contribution in [0.25, 0.3) is 11.5 Å². The Morgan fingerprint density at radius 1 is 1.44 bits per heavy atom. The molecule has 0 aliphatic carbocycles. The average molecular weight is 218 g/mol. The van der Waals surface area contributed by atoms with Crippen LogP contribution >= 0.6 is 0 Å². The molecule has 0 radical (unpaired) electrons. The van der Waals surface area contributed by atoms with Crippen molar-refractivity contribution in [3.8, 4) is 17.2 Å². The number of hydrogen-bond acceptors (Lipinski definition) is 4. The lowest BCUT2D eigenvalue weighted by molar-refractivity contribution is 0.414. The second kappa shape index (κ2) is 4.37. The van der Waals surface area contributed by atoms with E-state index >= 15 is 0 Å². The molecule has 2 N–H and O–H groups in total. The summed E-state index contributed by atoms with van der Waals surface area (Å²) < 4.78 is 10.5. The predicted octanol–water partition coefficient (Wildman–Crippen LogP) is 2.37. The normalized spacial score (nSPS) is 12.4. The predicted molar refractivity (Wildman–Crippen MR) is 61.1 cm³/mol. The average Bonchev–Trinajstić information content (AvgIpc) is 2.78. The Balaban J connectivity index is 2.34. The van der Waals surface area contributed by atoms with E-state index in [4.69, 9.17) is 14.9 Å². The highest BCUT2D eigenvalue weighted by atomic mass is 16.5. The Morgan fingerprint density at radius 2 is 2.25 bits per heavy atom. The lowest BCUT2D eigenvalue weighted by Crippen LogP contribution is -2.04. The first-order valence-corrected chi connectivity index (χ1v) is 5.06. The smallest absolute Gasteiger partial charge is 0.226 e. The lowest BCUT2D eigenvalue weighted by atomic mass is 10.2. The van der Waals surface area contributed by atoms with Crippen molar-refractivity contribution in [1.82, 2.24) is 4.98 Å². The Hall–Kier alpha value is -1.81. The summed E-state index contributed by atoms with van der Waals surface area (Å²) in [7, 11) is 1.63. The third-order valence-corrected chi connectivity index (χ3v) is 2.31. The molecule has 0 fully saturated rings. The molecule has 2 aromatic rings. The van der Waals surface area contributed by atoms with Crippen molar-refractivity contribution >= 4 is 0 Å². The first-order chi connectivity index (χ1) is 7.70. The number of benzene rings is 1. The monoisotopic (exact) mass is 218 g/mol. The molecule has 2 rings (SSSR count). The van der Waals surface area contributed by atoms with Crippen LogP contribution in [-0.4, -0.2) is 12.1 Å². The Kier molecular flexibility index (Phi) is 2.92. The van der Waals surface area contributed by atoms with E-state index in [0.717, 1.165) is 17.0 Å². The molecule has 1 aromatic carbocycles. The van der Waals surface area contributed by atoms with Gasteiger partial charge in [0, 0.05) is 11.6 Å². The highest BCUT2D eigenvalue weighted by molar-refractivity contribution is 5.56. The second-order valence-corrected chi connectivity index (χ2v) is 3.60. The standard InChI is InChI=1S/C12H14N2O2/c1-8(13)11-7-16-12(14-11)9-4-3-5-10(6-9)15-2/h3-8H,13H2,1-2H3. The van der Waals surface area contributed by atoms with Crippen molar-refractivity contribution in [2.75, 3.05) is 7.11 Å². The Labute approximate surface area is 94.1 Å². The zero-order valence-corrected chi connectivity index (χ0v) is 9.31. The number of ether oxygens (including phenoxy) is 1. The molecule has 1 unspecified atom stereocenters. The van der Waals surface area contributed by atoms with Gasteiger partial charge in [-0.15, -0.1) is 0 Å². The van der Waals surface area contributed by atoms with Crippen molar-refractivity contribution < 1.29 is 9.15 Å². The van der Waals surface area contributed by atoms with Gasteiger partial charge in [-0.25, -0.2) is 4.98 Å². The van der Waals surface area contributed by atoms with Crippen LogP contribution in [0.2, 0.25) is 0 Å². The molecule has 1 heterocycles. The Morgan fingerprint density at radius 3 is 2.88 bits per heavy atom. The van der Waals surface area contributed by atoms with Crippen LogP contribution in [0.5, 0.6) is 5.75 Å². The first kappa shape index (κ1) is 10.7. The Bertz CT molecular complexity index is 477. The van der Waals surface area contributed by atoms with Crippen LogP contribution in [0.3, 0.4) is 0 Å². The molecule has 0 bridgehead atoms. The SMILES string of the molecule is COc1cccc(-c2nc(C(C)N)co2)c1. The quantitative estimate of drug-likeness (QED) is 0.859. The van der Waals surface area contributed by atoms with Crippen LogP contribution in [0.15, 0.2) is 34.9 Å². The van der Waals surface area contributed by atoms with E-state index in [-0.39, 0.29) is 6.04 Å². The maximum Gasteiger partial charge on any atom is 0.226 e. The van der Waals surface area contributed by atoms with Gasteiger partial charge in [0.05, 0.1) is 12.8 Å². The van der Waals surface area contributed by atoms with Gasteiger partial charge < -0.3 is 14.9 Å². The molecule has 0 aliphatic heterocycles. The van der Waals surface area contributed by atoms with Crippen molar-refractivity contribution in [3.05, 3.63) is 36.2 Å². The molecule has 4 nitrogen and oxygen atoms in total. The van der Waals surface area contributed by atoms with Gasteiger partial charge in [0.1, 0.15) is 12.0 Å². The summed E-state index contributed by atoms with van der Waals surface area (Å²) in [6.07, 6.45) is 1.58. The van der Waals surface area contributed by atoms with Crippen LogP contribution in [0, 0.1) is 0 Å². The third kappa shape index (κ3) is 2.06. The van der Waals surface area contributed by atoms with Crippen molar-refractivity contribution in [1.29, 1.82) is 0 Å². The summed E-state index contributed by atoms with van der Waals surface area (Å²) in [5, 5.41) is 0. The lowest BCUT2D eigenvalue weighted by Gasteiger charge is -2.00. The number of oxazole rings is 1. The number of hydrogen-bond donors (Lipinski definition) is 1.